The van der Waals surface area contributed by atoms with Crippen LogP contribution in [0.5, 0.6) is 0 Å². The Morgan fingerprint density at radius 1 is 1.35 bits per heavy atom. The lowest BCUT2D eigenvalue weighted by molar-refractivity contribution is 0.246. The minimum atomic E-state index is -0.786. The Balaban J connectivity index is 2.20. The highest BCUT2D eigenvalue weighted by molar-refractivity contribution is 5.22. The standard InChI is InChI=1S/C13H18F2N2/c1-8-6-17(7-12(8)16)9(2)10-4-3-5-11(14)13(10)15/h3-5,8-9,12H,6-7,16H2,1-2H3. The summed E-state index contributed by atoms with van der Waals surface area (Å²) in [6.45, 7) is 5.54. The van der Waals surface area contributed by atoms with Gasteiger partial charge in [-0.15, -0.1) is 0 Å². The molecule has 1 aliphatic heterocycles. The van der Waals surface area contributed by atoms with Crippen molar-refractivity contribution in [3.05, 3.63) is 35.4 Å². The summed E-state index contributed by atoms with van der Waals surface area (Å²) in [7, 11) is 0. The number of rotatable bonds is 2. The van der Waals surface area contributed by atoms with Gasteiger partial charge in [-0.1, -0.05) is 19.1 Å². The summed E-state index contributed by atoms with van der Waals surface area (Å²) in [5, 5.41) is 0. The summed E-state index contributed by atoms with van der Waals surface area (Å²) < 4.78 is 26.8. The Morgan fingerprint density at radius 3 is 2.65 bits per heavy atom. The highest BCUT2D eigenvalue weighted by Gasteiger charge is 2.31. The van der Waals surface area contributed by atoms with Crippen LogP contribution >= 0.6 is 0 Å². The van der Waals surface area contributed by atoms with Gasteiger partial charge < -0.3 is 5.73 Å². The summed E-state index contributed by atoms with van der Waals surface area (Å²) in [5.74, 6) is -1.13. The van der Waals surface area contributed by atoms with Crippen molar-refractivity contribution in [2.45, 2.75) is 25.9 Å². The second kappa shape index (κ2) is 4.70. The average molecular weight is 240 g/mol. The number of halogens is 2. The predicted molar refractivity (Wildman–Crippen MR) is 63.5 cm³/mol. The zero-order valence-corrected chi connectivity index (χ0v) is 10.2. The first kappa shape index (κ1) is 12.5. The molecule has 2 N–H and O–H groups in total. The molecule has 1 heterocycles. The van der Waals surface area contributed by atoms with E-state index in [9.17, 15) is 8.78 Å². The molecule has 94 valence electrons. The zero-order chi connectivity index (χ0) is 12.6. The van der Waals surface area contributed by atoms with Crippen LogP contribution in [0, 0.1) is 17.6 Å². The van der Waals surface area contributed by atoms with Gasteiger partial charge in [-0.3, -0.25) is 4.90 Å². The van der Waals surface area contributed by atoms with Crippen LogP contribution in [0.4, 0.5) is 8.78 Å². The van der Waals surface area contributed by atoms with Crippen molar-refractivity contribution in [2.75, 3.05) is 13.1 Å². The molecule has 2 nitrogen and oxygen atoms in total. The third-order valence-electron chi connectivity index (χ3n) is 3.68. The van der Waals surface area contributed by atoms with Crippen LogP contribution in [-0.2, 0) is 0 Å². The molecule has 0 aliphatic carbocycles. The van der Waals surface area contributed by atoms with Crippen LogP contribution in [-0.4, -0.2) is 24.0 Å². The maximum atomic E-state index is 13.7. The third-order valence-corrected chi connectivity index (χ3v) is 3.68. The van der Waals surface area contributed by atoms with Gasteiger partial charge in [0.2, 0.25) is 0 Å². The smallest absolute Gasteiger partial charge is 0.163 e. The lowest BCUT2D eigenvalue weighted by atomic mass is 10.1. The molecule has 0 amide bonds. The van der Waals surface area contributed by atoms with Crippen molar-refractivity contribution in [3.63, 3.8) is 0 Å². The van der Waals surface area contributed by atoms with Crippen LogP contribution in [0.15, 0.2) is 18.2 Å². The fraction of sp³-hybridized carbons (Fsp3) is 0.538. The van der Waals surface area contributed by atoms with E-state index in [1.54, 1.807) is 12.1 Å². The quantitative estimate of drug-likeness (QED) is 0.859. The van der Waals surface area contributed by atoms with Crippen molar-refractivity contribution < 1.29 is 8.78 Å². The van der Waals surface area contributed by atoms with E-state index in [1.165, 1.54) is 0 Å². The molecule has 2 rings (SSSR count). The molecule has 17 heavy (non-hydrogen) atoms. The van der Waals surface area contributed by atoms with Crippen LogP contribution in [0.2, 0.25) is 0 Å². The van der Waals surface area contributed by atoms with Gasteiger partial charge in [0.05, 0.1) is 0 Å². The molecule has 0 aromatic heterocycles. The van der Waals surface area contributed by atoms with Gasteiger partial charge in [-0.2, -0.15) is 0 Å². The van der Waals surface area contributed by atoms with Crippen LogP contribution in [0.25, 0.3) is 0 Å². The van der Waals surface area contributed by atoms with Crippen molar-refractivity contribution >= 4 is 0 Å². The Bertz CT molecular complexity index is 398. The Labute approximate surface area is 100 Å². The number of hydrogen-bond acceptors (Lipinski definition) is 2. The van der Waals surface area contributed by atoms with Crippen LogP contribution in [0.1, 0.15) is 25.5 Å². The normalized spacial score (nSPS) is 27.4. The number of nitrogens with two attached hydrogens (primary N) is 1. The summed E-state index contributed by atoms with van der Waals surface area (Å²) in [6, 6.07) is 4.31. The van der Waals surface area contributed by atoms with Gasteiger partial charge in [0.25, 0.3) is 0 Å². The molecule has 1 aromatic rings. The zero-order valence-electron chi connectivity index (χ0n) is 10.2. The third kappa shape index (κ3) is 2.33. The molecule has 1 aliphatic rings. The van der Waals surface area contributed by atoms with E-state index in [4.69, 9.17) is 5.73 Å². The largest absolute Gasteiger partial charge is 0.326 e. The SMILES string of the molecule is CC1CN(C(C)c2cccc(F)c2F)CC1N. The van der Waals surface area contributed by atoms with Crippen LogP contribution < -0.4 is 5.73 Å². The number of benzene rings is 1. The predicted octanol–water partition coefficient (Wildman–Crippen LogP) is 2.30. The molecule has 1 aromatic carbocycles. The van der Waals surface area contributed by atoms with Crippen molar-refractivity contribution in [3.8, 4) is 0 Å². The summed E-state index contributed by atoms with van der Waals surface area (Å²) >= 11 is 0. The van der Waals surface area contributed by atoms with Gasteiger partial charge in [-0.25, -0.2) is 8.78 Å². The molecule has 4 heteroatoms. The number of nitrogens with zero attached hydrogens (tertiary/aromatic N) is 1. The van der Waals surface area contributed by atoms with Crippen molar-refractivity contribution in [1.82, 2.24) is 4.90 Å². The monoisotopic (exact) mass is 240 g/mol. The van der Waals surface area contributed by atoms with Crippen LogP contribution in [0.3, 0.4) is 0 Å². The Kier molecular flexibility index (Phi) is 3.45. The topological polar surface area (TPSA) is 29.3 Å². The highest BCUT2D eigenvalue weighted by atomic mass is 19.2. The van der Waals surface area contributed by atoms with Gasteiger partial charge in [-0.05, 0) is 18.9 Å². The Morgan fingerprint density at radius 2 is 2.06 bits per heavy atom. The minimum Gasteiger partial charge on any atom is -0.326 e. The Hall–Kier alpha value is -1.00. The van der Waals surface area contributed by atoms with E-state index < -0.39 is 11.6 Å². The molecular weight excluding hydrogens is 222 g/mol. The molecule has 3 atom stereocenters. The lowest BCUT2D eigenvalue weighted by Gasteiger charge is -2.25. The first-order valence-electron chi connectivity index (χ1n) is 5.94. The van der Waals surface area contributed by atoms with E-state index in [0.717, 1.165) is 19.2 Å². The van der Waals surface area contributed by atoms with Gasteiger partial charge >= 0.3 is 0 Å². The molecule has 0 saturated carbocycles. The summed E-state index contributed by atoms with van der Waals surface area (Å²) in [6.07, 6.45) is 0. The van der Waals surface area contributed by atoms with E-state index in [2.05, 4.69) is 11.8 Å². The maximum Gasteiger partial charge on any atom is 0.163 e. The number of hydrogen-bond donors (Lipinski definition) is 1. The highest BCUT2D eigenvalue weighted by Crippen LogP contribution is 2.28. The molecule has 3 unspecified atom stereocenters. The molecular formula is C13H18F2N2. The lowest BCUT2D eigenvalue weighted by Crippen LogP contribution is -2.30. The van der Waals surface area contributed by atoms with Gasteiger partial charge in [0, 0.05) is 30.7 Å². The van der Waals surface area contributed by atoms with E-state index >= 15 is 0 Å². The molecule has 0 spiro atoms. The first-order valence-corrected chi connectivity index (χ1v) is 5.94. The average Bonchev–Trinajstić information content (AvgIpc) is 2.62. The fourth-order valence-corrected chi connectivity index (χ4v) is 2.39. The van der Waals surface area contributed by atoms with E-state index in [0.29, 0.717) is 11.5 Å². The van der Waals surface area contributed by atoms with Gasteiger partial charge in [0.15, 0.2) is 11.6 Å². The fourth-order valence-electron chi connectivity index (χ4n) is 2.39. The molecule has 0 radical (unpaired) electrons. The van der Waals surface area contributed by atoms with Gasteiger partial charge in [0.1, 0.15) is 0 Å². The molecule has 1 saturated heterocycles. The van der Waals surface area contributed by atoms with E-state index in [1.807, 2.05) is 6.92 Å². The van der Waals surface area contributed by atoms with Crippen molar-refractivity contribution in [2.24, 2.45) is 11.7 Å². The second-order valence-corrected chi connectivity index (χ2v) is 4.91. The first-order chi connectivity index (χ1) is 8.00. The summed E-state index contributed by atoms with van der Waals surface area (Å²) in [5.41, 5.74) is 6.35. The second-order valence-electron chi connectivity index (χ2n) is 4.91. The van der Waals surface area contributed by atoms with E-state index in [-0.39, 0.29) is 12.1 Å². The number of likely N-dealkylation sites (tertiary alicyclic amines) is 1. The molecule has 0 bridgehead atoms. The van der Waals surface area contributed by atoms with Crippen molar-refractivity contribution in [1.29, 1.82) is 0 Å². The summed E-state index contributed by atoms with van der Waals surface area (Å²) in [4.78, 5) is 2.10. The molecule has 1 fully saturated rings. The minimum absolute atomic E-state index is 0.120. The maximum absolute atomic E-state index is 13.7.